The zero-order chi connectivity index (χ0) is 21.8. The van der Waals surface area contributed by atoms with Crippen molar-refractivity contribution in [1.82, 2.24) is 5.32 Å². The van der Waals surface area contributed by atoms with Gasteiger partial charge in [0.1, 0.15) is 0 Å². The van der Waals surface area contributed by atoms with E-state index in [9.17, 15) is 10.0 Å². The number of amides is 1. The molecule has 0 saturated heterocycles. The van der Waals surface area contributed by atoms with Gasteiger partial charge in [0, 0.05) is 24.1 Å². The summed E-state index contributed by atoms with van der Waals surface area (Å²) in [5.74, 6) is 1.13. The summed E-state index contributed by atoms with van der Waals surface area (Å²) >= 11 is 0. The van der Waals surface area contributed by atoms with Gasteiger partial charge in [-0.2, -0.15) is 0 Å². The van der Waals surface area contributed by atoms with E-state index >= 15 is 0 Å². The molecule has 0 atom stereocenters. The van der Waals surface area contributed by atoms with Gasteiger partial charge < -0.3 is 24.7 Å². The number of hydrogen-bond donors (Lipinski definition) is 1. The number of rotatable bonds is 12. The number of nitrogens with zero attached hydrogens (tertiary/aromatic N) is 1. The first-order chi connectivity index (χ1) is 14.6. The second-order valence-electron chi connectivity index (χ2n) is 6.76. The van der Waals surface area contributed by atoms with Gasteiger partial charge in [-0.3, -0.25) is 4.79 Å². The molecule has 162 valence electrons. The summed E-state index contributed by atoms with van der Waals surface area (Å²) < 4.78 is 16.8. The van der Waals surface area contributed by atoms with Crippen molar-refractivity contribution in [3.05, 3.63) is 58.8 Å². The minimum atomic E-state index is -0.200. The molecule has 0 bridgehead atoms. The number of methoxy groups -OCH3 is 3. The highest BCUT2D eigenvalue weighted by molar-refractivity contribution is 5.95. The van der Waals surface area contributed by atoms with Crippen molar-refractivity contribution in [2.75, 3.05) is 27.9 Å². The highest BCUT2D eigenvalue weighted by Gasteiger charge is 2.16. The first-order valence-electron chi connectivity index (χ1n) is 9.98. The van der Waals surface area contributed by atoms with Gasteiger partial charge in [-0.1, -0.05) is 36.8 Å². The van der Waals surface area contributed by atoms with Crippen LogP contribution in [0.1, 0.15) is 41.6 Å². The highest BCUT2D eigenvalue weighted by atomic mass is 16.5. The average Bonchev–Trinajstić information content (AvgIpc) is 2.77. The Balaban J connectivity index is 1.72. The molecule has 0 aliphatic heterocycles. The average molecular weight is 415 g/mol. The molecule has 0 radical (unpaired) electrons. The molecule has 0 heterocycles. The van der Waals surface area contributed by atoms with Gasteiger partial charge in [0.15, 0.2) is 24.3 Å². The number of carbonyl (C=O) groups excluding carboxylic acids is 1. The van der Waals surface area contributed by atoms with Crippen LogP contribution in [-0.4, -0.2) is 44.7 Å². The Labute approximate surface area is 177 Å². The second-order valence-corrected chi connectivity index (χ2v) is 6.76. The molecule has 2 rings (SSSR count). The predicted octanol–water partition coefficient (Wildman–Crippen LogP) is 3.78. The zero-order valence-corrected chi connectivity index (χ0v) is 17.8. The van der Waals surface area contributed by atoms with Gasteiger partial charge in [-0.05, 0) is 25.0 Å². The Bertz CT molecular complexity index is 812. The van der Waals surface area contributed by atoms with Crippen molar-refractivity contribution in [2.45, 2.75) is 32.2 Å². The third-order valence-electron chi connectivity index (χ3n) is 4.61. The van der Waals surface area contributed by atoms with Gasteiger partial charge in [-0.25, -0.2) is 4.74 Å². The van der Waals surface area contributed by atoms with E-state index in [-0.39, 0.29) is 5.91 Å². The van der Waals surface area contributed by atoms with Crippen LogP contribution in [0.15, 0.2) is 42.5 Å². The summed E-state index contributed by atoms with van der Waals surface area (Å²) in [6, 6.07) is 12.9. The number of unbranched alkanes of at least 4 members (excludes halogenated alkanes) is 3. The largest absolute Gasteiger partial charge is 0.624 e. The van der Waals surface area contributed by atoms with E-state index in [1.807, 2.05) is 30.3 Å². The summed E-state index contributed by atoms with van der Waals surface area (Å²) in [6.07, 6.45) is 5.05. The molecule has 7 heteroatoms. The highest BCUT2D eigenvalue weighted by Crippen LogP contribution is 2.38. The Morgan fingerprint density at radius 2 is 1.67 bits per heavy atom. The van der Waals surface area contributed by atoms with Crippen LogP contribution in [0.3, 0.4) is 0 Å². The minimum absolute atomic E-state index is 0.200. The van der Waals surface area contributed by atoms with Gasteiger partial charge in [0.2, 0.25) is 5.75 Å². The molecule has 0 saturated carbocycles. The van der Waals surface area contributed by atoms with Gasteiger partial charge >= 0.3 is 0 Å². The van der Waals surface area contributed by atoms with E-state index in [2.05, 4.69) is 5.32 Å². The monoisotopic (exact) mass is 414 g/mol. The van der Waals surface area contributed by atoms with Crippen molar-refractivity contribution in [2.24, 2.45) is 0 Å². The molecule has 7 nitrogen and oxygen atoms in total. The lowest BCUT2D eigenvalue weighted by Crippen LogP contribution is -2.24. The summed E-state index contributed by atoms with van der Waals surface area (Å²) in [7, 11) is 4.54. The molecule has 1 amide bonds. The van der Waals surface area contributed by atoms with Crippen LogP contribution in [0.2, 0.25) is 0 Å². The third-order valence-corrected chi connectivity index (χ3v) is 4.61. The Kier molecular flexibility index (Phi) is 9.51. The maximum absolute atomic E-state index is 12.4. The summed E-state index contributed by atoms with van der Waals surface area (Å²) in [4.78, 5) is 12.4. The Morgan fingerprint density at radius 3 is 2.27 bits per heavy atom. The van der Waals surface area contributed by atoms with Crippen LogP contribution in [0.5, 0.6) is 17.2 Å². The fourth-order valence-corrected chi connectivity index (χ4v) is 3.03. The van der Waals surface area contributed by atoms with Crippen LogP contribution >= 0.6 is 0 Å². The molecular weight excluding hydrogens is 384 g/mol. The van der Waals surface area contributed by atoms with Gasteiger partial charge in [0.25, 0.3) is 5.91 Å². The van der Waals surface area contributed by atoms with Crippen LogP contribution in [0.4, 0.5) is 0 Å². The van der Waals surface area contributed by atoms with E-state index in [1.54, 1.807) is 18.3 Å². The molecule has 0 unspecified atom stereocenters. The lowest BCUT2D eigenvalue weighted by molar-refractivity contribution is -0.471. The fraction of sp³-hybridized carbons (Fsp3) is 0.391. The molecule has 1 N–H and O–H groups in total. The van der Waals surface area contributed by atoms with Crippen LogP contribution in [-0.2, 0) is 6.54 Å². The lowest BCUT2D eigenvalue weighted by Gasteiger charge is -2.14. The second kappa shape index (κ2) is 12.4. The smallest absolute Gasteiger partial charge is 0.251 e. The van der Waals surface area contributed by atoms with Crippen LogP contribution in [0.25, 0.3) is 0 Å². The molecule has 0 aromatic heterocycles. The fourth-order valence-electron chi connectivity index (χ4n) is 3.03. The Hall–Kier alpha value is -3.22. The summed E-state index contributed by atoms with van der Waals surface area (Å²) in [5, 5.41) is 14.8. The summed E-state index contributed by atoms with van der Waals surface area (Å²) in [6.45, 7) is 0.923. The number of nitrogens with one attached hydrogen (secondary N) is 1. The maximum atomic E-state index is 12.4. The lowest BCUT2D eigenvalue weighted by atomic mass is 10.1. The van der Waals surface area contributed by atoms with Crippen LogP contribution in [0, 0.1) is 5.21 Å². The molecule has 2 aromatic rings. The number of ether oxygens (including phenoxy) is 3. The number of hydrogen-bond acceptors (Lipinski definition) is 5. The Morgan fingerprint density at radius 1 is 1.00 bits per heavy atom. The number of benzene rings is 2. The van der Waals surface area contributed by atoms with E-state index in [4.69, 9.17) is 14.2 Å². The number of hydroxylamine groups is 1. The molecular formula is C23H30N2O5. The third kappa shape index (κ3) is 6.99. The van der Waals surface area contributed by atoms with Crippen molar-refractivity contribution in [1.29, 1.82) is 0 Å². The first-order valence-corrected chi connectivity index (χ1v) is 9.98. The first kappa shape index (κ1) is 23.1. The van der Waals surface area contributed by atoms with Gasteiger partial charge in [-0.15, -0.1) is 0 Å². The van der Waals surface area contributed by atoms with Crippen molar-refractivity contribution in [3.8, 4) is 17.2 Å². The quantitative estimate of drug-likeness (QED) is 0.188. The van der Waals surface area contributed by atoms with Gasteiger partial charge in [0.05, 0.1) is 21.3 Å². The van der Waals surface area contributed by atoms with E-state index in [0.717, 1.165) is 36.0 Å². The normalized spacial score (nSPS) is 11.1. The minimum Gasteiger partial charge on any atom is -0.624 e. The molecule has 30 heavy (non-hydrogen) atoms. The van der Waals surface area contributed by atoms with Crippen molar-refractivity contribution >= 4 is 12.1 Å². The van der Waals surface area contributed by atoms with Crippen LogP contribution < -0.4 is 19.5 Å². The predicted molar refractivity (Wildman–Crippen MR) is 117 cm³/mol. The zero-order valence-electron chi connectivity index (χ0n) is 17.8. The van der Waals surface area contributed by atoms with E-state index in [1.165, 1.54) is 21.3 Å². The standard InChI is InChI=1S/C23H30N2O5/c1-28-20-15-19(16-21(29-2)22(20)30-3)23(26)24-13-9-4-5-10-14-25(27)17-18-11-7-6-8-12-18/h6-8,11-12,14-16H,4-5,9-10,13,17H2,1-3H3,(H,24,26)/b25-14-. The molecule has 0 fully saturated rings. The molecule has 0 aliphatic rings. The molecule has 0 spiro atoms. The van der Waals surface area contributed by atoms with E-state index < -0.39 is 0 Å². The topological polar surface area (TPSA) is 82.9 Å². The SMILES string of the molecule is COc1cc(C(=O)NCCCCC/C=[N+](\[O-])Cc2ccccc2)cc(OC)c1OC. The maximum Gasteiger partial charge on any atom is 0.251 e. The number of carbonyl (C=O) groups is 1. The molecule has 2 aromatic carbocycles. The molecule has 0 aliphatic carbocycles. The summed E-state index contributed by atoms with van der Waals surface area (Å²) in [5.41, 5.74) is 1.44. The van der Waals surface area contributed by atoms with Crippen molar-refractivity contribution in [3.63, 3.8) is 0 Å². The van der Waals surface area contributed by atoms with Crippen molar-refractivity contribution < 1.29 is 23.7 Å². The van der Waals surface area contributed by atoms with E-state index in [0.29, 0.717) is 35.9 Å².